The van der Waals surface area contributed by atoms with Crippen molar-refractivity contribution in [2.45, 2.75) is 57.3 Å². The molecule has 0 spiro atoms. The minimum Gasteiger partial charge on any atom is -0.343 e. The van der Waals surface area contributed by atoms with E-state index >= 15 is 0 Å². The number of hydrogen-bond donors (Lipinski definition) is 1. The Labute approximate surface area is 143 Å². The van der Waals surface area contributed by atoms with Gasteiger partial charge < -0.3 is 10.2 Å². The van der Waals surface area contributed by atoms with Crippen LogP contribution in [0.5, 0.6) is 0 Å². The lowest BCUT2D eigenvalue weighted by molar-refractivity contribution is -0.134. The largest absolute Gasteiger partial charge is 0.343 e. The molecule has 1 aliphatic carbocycles. The van der Waals surface area contributed by atoms with E-state index in [0.29, 0.717) is 6.04 Å². The van der Waals surface area contributed by atoms with Gasteiger partial charge in [0, 0.05) is 25.7 Å². The molecule has 5 nitrogen and oxygen atoms in total. The quantitative estimate of drug-likeness (QED) is 0.907. The minimum absolute atomic E-state index is 0.0228. The summed E-state index contributed by atoms with van der Waals surface area (Å²) in [6, 6.07) is 8.34. The maximum Gasteiger partial charge on any atom is 0.245 e. The molecular formula is C19H25N3O2. The first-order chi connectivity index (χ1) is 11.6. The molecule has 1 saturated heterocycles. The Hall–Kier alpha value is -1.88. The Morgan fingerprint density at radius 1 is 1.17 bits per heavy atom. The van der Waals surface area contributed by atoms with Gasteiger partial charge in [-0.05, 0) is 43.7 Å². The first-order valence-electron chi connectivity index (χ1n) is 9.05. The van der Waals surface area contributed by atoms with Crippen LogP contribution in [-0.2, 0) is 22.6 Å². The maximum atomic E-state index is 12.6. The van der Waals surface area contributed by atoms with Gasteiger partial charge in [0.05, 0.1) is 6.04 Å². The molecule has 24 heavy (non-hydrogen) atoms. The predicted molar refractivity (Wildman–Crippen MR) is 91.3 cm³/mol. The fourth-order valence-corrected chi connectivity index (χ4v) is 3.89. The van der Waals surface area contributed by atoms with Crippen LogP contribution in [0, 0.1) is 0 Å². The number of nitrogens with one attached hydrogen (secondary N) is 1. The Kier molecular flexibility index (Phi) is 4.04. The summed E-state index contributed by atoms with van der Waals surface area (Å²) in [6.45, 7) is 4.43. The molecule has 3 aliphatic rings. The summed E-state index contributed by atoms with van der Waals surface area (Å²) in [6.07, 6.45) is 3.97. The molecule has 1 saturated carbocycles. The summed E-state index contributed by atoms with van der Waals surface area (Å²) in [7, 11) is 0. The van der Waals surface area contributed by atoms with Crippen LogP contribution in [0.2, 0.25) is 0 Å². The van der Waals surface area contributed by atoms with Crippen LogP contribution in [0.4, 0.5) is 0 Å². The van der Waals surface area contributed by atoms with Crippen molar-refractivity contribution in [1.82, 2.24) is 15.1 Å². The molecule has 1 aromatic carbocycles. The second-order valence-corrected chi connectivity index (χ2v) is 7.28. The number of carbonyl (C=O) groups excluding carboxylic acids is 2. The molecule has 0 bridgehead atoms. The summed E-state index contributed by atoms with van der Waals surface area (Å²) in [4.78, 5) is 29.2. The van der Waals surface area contributed by atoms with Gasteiger partial charge >= 0.3 is 0 Å². The second-order valence-electron chi connectivity index (χ2n) is 7.28. The van der Waals surface area contributed by atoms with Gasteiger partial charge in [-0.3, -0.25) is 14.5 Å². The molecule has 4 rings (SSSR count). The highest BCUT2D eigenvalue weighted by atomic mass is 16.2. The summed E-state index contributed by atoms with van der Waals surface area (Å²) in [5.41, 5.74) is 2.69. The highest BCUT2D eigenvalue weighted by molar-refractivity contribution is 5.91. The van der Waals surface area contributed by atoms with E-state index in [-0.39, 0.29) is 23.9 Å². The third kappa shape index (κ3) is 2.93. The van der Waals surface area contributed by atoms with Crippen molar-refractivity contribution in [3.8, 4) is 0 Å². The standard InChI is InChI=1S/C19H25N3O2/c1-13(21-10-8-14-4-2-3-5-15(14)12-21)18(23)20-17-9-11-22(19(17)24)16-6-7-16/h2-5,13,16-17H,6-12H2,1H3,(H,20,23). The van der Waals surface area contributed by atoms with Crippen LogP contribution in [-0.4, -0.2) is 52.8 Å². The zero-order chi connectivity index (χ0) is 16.7. The van der Waals surface area contributed by atoms with E-state index < -0.39 is 0 Å². The normalized spacial score (nSPS) is 25.5. The summed E-state index contributed by atoms with van der Waals surface area (Å²) in [5, 5.41) is 2.99. The maximum absolute atomic E-state index is 12.6. The van der Waals surface area contributed by atoms with Crippen LogP contribution >= 0.6 is 0 Å². The topological polar surface area (TPSA) is 52.7 Å². The molecule has 2 fully saturated rings. The Balaban J connectivity index is 1.36. The van der Waals surface area contributed by atoms with E-state index in [1.54, 1.807) is 0 Å². The van der Waals surface area contributed by atoms with Crippen molar-refractivity contribution >= 4 is 11.8 Å². The van der Waals surface area contributed by atoms with Crippen LogP contribution in [0.15, 0.2) is 24.3 Å². The lowest BCUT2D eigenvalue weighted by Gasteiger charge is -2.33. The Morgan fingerprint density at radius 2 is 1.92 bits per heavy atom. The number of amides is 2. The molecule has 0 aromatic heterocycles. The third-order valence-corrected chi connectivity index (χ3v) is 5.63. The highest BCUT2D eigenvalue weighted by Gasteiger charge is 2.41. The minimum atomic E-state index is -0.322. The second kappa shape index (κ2) is 6.20. The number of rotatable bonds is 4. The van der Waals surface area contributed by atoms with Crippen LogP contribution in [0.25, 0.3) is 0 Å². The van der Waals surface area contributed by atoms with Crippen molar-refractivity contribution in [3.05, 3.63) is 35.4 Å². The van der Waals surface area contributed by atoms with Crippen molar-refractivity contribution < 1.29 is 9.59 Å². The molecule has 2 atom stereocenters. The van der Waals surface area contributed by atoms with Gasteiger partial charge in [0.1, 0.15) is 6.04 Å². The van der Waals surface area contributed by atoms with Gasteiger partial charge in [-0.2, -0.15) is 0 Å². The number of likely N-dealkylation sites (tertiary alicyclic amines) is 1. The number of hydrogen-bond acceptors (Lipinski definition) is 3. The van der Waals surface area contributed by atoms with Gasteiger partial charge in [-0.15, -0.1) is 0 Å². The first-order valence-corrected chi connectivity index (χ1v) is 9.05. The molecule has 2 heterocycles. The molecule has 2 aliphatic heterocycles. The fraction of sp³-hybridized carbons (Fsp3) is 0.579. The fourth-order valence-electron chi connectivity index (χ4n) is 3.89. The zero-order valence-electron chi connectivity index (χ0n) is 14.2. The van der Waals surface area contributed by atoms with E-state index in [2.05, 4.69) is 34.5 Å². The van der Waals surface area contributed by atoms with E-state index in [1.165, 1.54) is 11.1 Å². The van der Waals surface area contributed by atoms with Crippen molar-refractivity contribution in [2.75, 3.05) is 13.1 Å². The Bertz CT molecular complexity index is 656. The SMILES string of the molecule is CC(C(=O)NC1CCN(C2CC2)C1=O)N1CCc2ccccc2C1. The van der Waals surface area contributed by atoms with Crippen LogP contribution < -0.4 is 5.32 Å². The summed E-state index contributed by atoms with van der Waals surface area (Å²) >= 11 is 0. The van der Waals surface area contributed by atoms with Gasteiger partial charge in [-0.25, -0.2) is 0 Å². The molecule has 1 N–H and O–H groups in total. The van der Waals surface area contributed by atoms with E-state index in [9.17, 15) is 9.59 Å². The smallest absolute Gasteiger partial charge is 0.245 e. The zero-order valence-corrected chi connectivity index (χ0v) is 14.2. The van der Waals surface area contributed by atoms with Gasteiger partial charge in [0.2, 0.25) is 11.8 Å². The lowest BCUT2D eigenvalue weighted by atomic mass is 9.98. The van der Waals surface area contributed by atoms with Crippen molar-refractivity contribution in [3.63, 3.8) is 0 Å². The van der Waals surface area contributed by atoms with Gasteiger partial charge in [0.15, 0.2) is 0 Å². The van der Waals surface area contributed by atoms with Crippen molar-refractivity contribution in [1.29, 1.82) is 0 Å². The van der Waals surface area contributed by atoms with E-state index in [0.717, 1.165) is 45.3 Å². The number of fused-ring (bicyclic) bond motifs is 1. The van der Waals surface area contributed by atoms with Gasteiger partial charge in [0.25, 0.3) is 0 Å². The average Bonchev–Trinajstić information content (AvgIpc) is 3.39. The molecule has 2 unspecified atom stereocenters. The molecule has 1 aromatic rings. The first kappa shape index (κ1) is 15.6. The molecular weight excluding hydrogens is 302 g/mol. The molecule has 5 heteroatoms. The summed E-state index contributed by atoms with van der Waals surface area (Å²) in [5.74, 6) is 0.0902. The molecule has 128 valence electrons. The number of benzene rings is 1. The van der Waals surface area contributed by atoms with Crippen LogP contribution in [0.3, 0.4) is 0 Å². The number of carbonyl (C=O) groups is 2. The third-order valence-electron chi connectivity index (χ3n) is 5.63. The average molecular weight is 327 g/mol. The number of nitrogens with zero attached hydrogens (tertiary/aromatic N) is 2. The van der Waals surface area contributed by atoms with Crippen molar-refractivity contribution in [2.24, 2.45) is 0 Å². The lowest BCUT2D eigenvalue weighted by Crippen LogP contribution is -2.51. The molecule has 2 amide bonds. The Morgan fingerprint density at radius 3 is 2.67 bits per heavy atom. The van der Waals surface area contributed by atoms with E-state index in [1.807, 2.05) is 11.8 Å². The monoisotopic (exact) mass is 327 g/mol. The predicted octanol–water partition coefficient (Wildman–Crippen LogP) is 1.31. The van der Waals surface area contributed by atoms with E-state index in [4.69, 9.17) is 0 Å². The highest BCUT2D eigenvalue weighted by Crippen LogP contribution is 2.30. The van der Waals surface area contributed by atoms with Crippen LogP contribution in [0.1, 0.15) is 37.3 Å². The van der Waals surface area contributed by atoms with Gasteiger partial charge in [-0.1, -0.05) is 24.3 Å². The molecule has 0 radical (unpaired) electrons. The summed E-state index contributed by atoms with van der Waals surface area (Å²) < 4.78 is 0.